The summed E-state index contributed by atoms with van der Waals surface area (Å²) in [4.78, 5) is 27.7. The number of nitrogens with zero attached hydrogens (tertiary/aromatic N) is 1. The van der Waals surface area contributed by atoms with Gasteiger partial charge in [0.25, 0.3) is 0 Å². The summed E-state index contributed by atoms with van der Waals surface area (Å²) in [5.41, 5.74) is 1.21. The lowest BCUT2D eigenvalue weighted by atomic mass is 9.79. The van der Waals surface area contributed by atoms with Crippen LogP contribution in [-0.2, 0) is 15.0 Å². The molecule has 1 saturated heterocycles. The Kier molecular flexibility index (Phi) is 3.53. The zero-order valence-electron chi connectivity index (χ0n) is 15.1. The van der Waals surface area contributed by atoms with Crippen molar-refractivity contribution >= 4 is 17.5 Å². The molecule has 3 aromatic carbocycles. The molecule has 1 spiro atoms. The van der Waals surface area contributed by atoms with Crippen molar-refractivity contribution in [3.8, 4) is 0 Å². The Morgan fingerprint density at radius 2 is 1.29 bits per heavy atom. The van der Waals surface area contributed by atoms with Gasteiger partial charge in [-0.05, 0) is 41.8 Å². The normalized spacial score (nSPS) is 22.7. The molecule has 4 heteroatoms. The summed E-state index contributed by atoms with van der Waals surface area (Å²) in [7, 11) is 0. The molecule has 1 atom stereocenters. The molecule has 1 aliphatic heterocycles. The van der Waals surface area contributed by atoms with Crippen LogP contribution in [0.25, 0.3) is 0 Å². The topological polar surface area (TPSA) is 37.4 Å². The van der Waals surface area contributed by atoms with E-state index in [0.29, 0.717) is 12.1 Å². The second-order valence-corrected chi connectivity index (χ2v) is 7.58. The highest BCUT2D eigenvalue weighted by Gasteiger charge is 2.77. The summed E-state index contributed by atoms with van der Waals surface area (Å²) in [6.07, 6.45) is 0.753. The first-order valence-corrected chi connectivity index (χ1v) is 9.32. The van der Waals surface area contributed by atoms with Crippen molar-refractivity contribution in [2.24, 2.45) is 5.41 Å². The Morgan fingerprint density at radius 3 is 1.82 bits per heavy atom. The number of halogens is 1. The van der Waals surface area contributed by atoms with Gasteiger partial charge in [0.2, 0.25) is 11.8 Å². The van der Waals surface area contributed by atoms with Crippen molar-refractivity contribution in [1.29, 1.82) is 0 Å². The van der Waals surface area contributed by atoms with E-state index in [1.54, 1.807) is 0 Å². The van der Waals surface area contributed by atoms with Gasteiger partial charge in [-0.3, -0.25) is 14.5 Å². The van der Waals surface area contributed by atoms with Crippen molar-refractivity contribution in [1.82, 2.24) is 0 Å². The molecule has 2 amide bonds. The van der Waals surface area contributed by atoms with Crippen LogP contribution in [-0.4, -0.2) is 11.8 Å². The number of anilines is 1. The summed E-state index contributed by atoms with van der Waals surface area (Å²) in [6, 6.07) is 25.4. The van der Waals surface area contributed by atoms with Crippen molar-refractivity contribution in [3.05, 3.63) is 102 Å². The number of rotatable bonds is 3. The molecule has 0 unspecified atom stereocenters. The molecule has 0 radical (unpaired) electrons. The molecule has 5 rings (SSSR count). The van der Waals surface area contributed by atoms with E-state index in [0.717, 1.165) is 11.1 Å². The third-order valence-electron chi connectivity index (χ3n) is 6.19. The first-order valence-electron chi connectivity index (χ1n) is 9.32. The average molecular weight is 371 g/mol. The first-order chi connectivity index (χ1) is 13.6. The van der Waals surface area contributed by atoms with E-state index >= 15 is 0 Å². The van der Waals surface area contributed by atoms with Crippen LogP contribution in [0.5, 0.6) is 0 Å². The summed E-state index contributed by atoms with van der Waals surface area (Å²) in [5.74, 6) is -0.825. The Labute approximate surface area is 162 Å². The lowest BCUT2D eigenvalue weighted by Gasteiger charge is -2.23. The monoisotopic (exact) mass is 371 g/mol. The molecule has 1 heterocycles. The second-order valence-electron chi connectivity index (χ2n) is 7.58. The highest BCUT2D eigenvalue weighted by atomic mass is 19.1. The van der Waals surface area contributed by atoms with Crippen LogP contribution in [0, 0.1) is 11.2 Å². The van der Waals surface area contributed by atoms with Crippen LogP contribution < -0.4 is 4.90 Å². The van der Waals surface area contributed by atoms with Gasteiger partial charge in [-0.2, -0.15) is 0 Å². The fourth-order valence-electron chi connectivity index (χ4n) is 4.84. The Bertz CT molecular complexity index is 1020. The molecule has 0 aromatic heterocycles. The van der Waals surface area contributed by atoms with Gasteiger partial charge in [0.1, 0.15) is 5.82 Å². The maximum atomic E-state index is 13.6. The number of amides is 2. The van der Waals surface area contributed by atoms with Crippen LogP contribution in [0.4, 0.5) is 10.1 Å². The maximum Gasteiger partial charge on any atom is 0.241 e. The molecule has 0 N–H and O–H groups in total. The highest BCUT2D eigenvalue weighted by molar-refractivity contribution is 6.25. The third-order valence-corrected chi connectivity index (χ3v) is 6.19. The van der Waals surface area contributed by atoms with Crippen LogP contribution in [0.2, 0.25) is 0 Å². The zero-order chi connectivity index (χ0) is 19.4. The standard InChI is InChI=1S/C24H18FNO2/c25-19-11-13-20(14-12-19)26-21(27)15-23(22(26)28)16-24(23,17-7-3-1-4-8-17)18-9-5-2-6-10-18/h1-14H,15-16H2/t23-/m1/s1. The maximum absolute atomic E-state index is 13.6. The number of carbonyl (C=O) groups is 2. The molecular formula is C24H18FNO2. The number of imide groups is 1. The van der Waals surface area contributed by atoms with Crippen molar-refractivity contribution < 1.29 is 14.0 Å². The van der Waals surface area contributed by atoms with E-state index in [-0.39, 0.29) is 18.2 Å². The molecule has 1 saturated carbocycles. The van der Waals surface area contributed by atoms with Crippen LogP contribution in [0.3, 0.4) is 0 Å². The highest BCUT2D eigenvalue weighted by Crippen LogP contribution is 2.72. The van der Waals surface area contributed by atoms with Crippen LogP contribution >= 0.6 is 0 Å². The minimum atomic E-state index is -0.790. The first kappa shape index (κ1) is 16.9. The smallest absolute Gasteiger partial charge is 0.241 e. The summed E-state index contributed by atoms with van der Waals surface area (Å²) in [5, 5.41) is 0. The van der Waals surface area contributed by atoms with E-state index < -0.39 is 16.6 Å². The van der Waals surface area contributed by atoms with E-state index in [1.165, 1.54) is 29.2 Å². The molecule has 2 aliphatic rings. The molecule has 3 aromatic rings. The SMILES string of the molecule is O=C1C[C@@]2(CC2(c2ccccc2)c2ccccc2)C(=O)N1c1ccc(F)cc1. The van der Waals surface area contributed by atoms with E-state index in [2.05, 4.69) is 0 Å². The van der Waals surface area contributed by atoms with Gasteiger partial charge in [-0.15, -0.1) is 0 Å². The number of carbonyl (C=O) groups excluding carboxylic acids is 2. The minimum Gasteiger partial charge on any atom is -0.274 e. The molecule has 28 heavy (non-hydrogen) atoms. The lowest BCUT2D eigenvalue weighted by molar-refractivity contribution is -0.123. The fraction of sp³-hybridized carbons (Fsp3) is 0.167. The van der Waals surface area contributed by atoms with Crippen LogP contribution in [0.15, 0.2) is 84.9 Å². The second kappa shape index (κ2) is 5.86. The van der Waals surface area contributed by atoms with Gasteiger partial charge in [0, 0.05) is 11.8 Å². The van der Waals surface area contributed by atoms with Crippen LogP contribution in [0.1, 0.15) is 24.0 Å². The Morgan fingerprint density at radius 1 is 0.750 bits per heavy atom. The predicted octanol–water partition coefficient (Wildman–Crippen LogP) is 4.47. The molecule has 0 bridgehead atoms. The van der Waals surface area contributed by atoms with Gasteiger partial charge in [-0.1, -0.05) is 60.7 Å². The average Bonchev–Trinajstić information content (AvgIpc) is 3.34. The van der Waals surface area contributed by atoms with Crippen molar-refractivity contribution in [2.75, 3.05) is 4.90 Å². The predicted molar refractivity (Wildman–Crippen MR) is 104 cm³/mol. The quantitative estimate of drug-likeness (QED) is 0.637. The zero-order valence-corrected chi connectivity index (χ0v) is 15.1. The third kappa shape index (κ3) is 2.15. The Hall–Kier alpha value is -3.27. The van der Waals surface area contributed by atoms with Gasteiger partial charge in [0.15, 0.2) is 0 Å². The molecule has 1 aliphatic carbocycles. The number of hydrogen-bond donors (Lipinski definition) is 0. The van der Waals surface area contributed by atoms with Gasteiger partial charge >= 0.3 is 0 Å². The molecule has 3 nitrogen and oxygen atoms in total. The van der Waals surface area contributed by atoms with Gasteiger partial charge in [0.05, 0.1) is 11.1 Å². The van der Waals surface area contributed by atoms with E-state index in [1.807, 2.05) is 60.7 Å². The van der Waals surface area contributed by atoms with E-state index in [4.69, 9.17) is 0 Å². The molecule has 138 valence electrons. The van der Waals surface area contributed by atoms with E-state index in [9.17, 15) is 14.0 Å². The summed E-state index contributed by atoms with van der Waals surface area (Å²) >= 11 is 0. The van der Waals surface area contributed by atoms with Gasteiger partial charge in [-0.25, -0.2) is 4.39 Å². The summed E-state index contributed by atoms with van der Waals surface area (Å²) in [6.45, 7) is 0. The molecule has 2 fully saturated rings. The van der Waals surface area contributed by atoms with Crippen molar-refractivity contribution in [2.45, 2.75) is 18.3 Å². The lowest BCUT2D eigenvalue weighted by Crippen LogP contribution is -2.33. The Balaban J connectivity index is 1.63. The van der Waals surface area contributed by atoms with Crippen molar-refractivity contribution in [3.63, 3.8) is 0 Å². The number of benzene rings is 3. The summed E-state index contributed by atoms with van der Waals surface area (Å²) < 4.78 is 13.3. The minimum absolute atomic E-state index is 0.160. The fourth-order valence-corrected chi connectivity index (χ4v) is 4.84. The largest absolute Gasteiger partial charge is 0.274 e. The number of hydrogen-bond acceptors (Lipinski definition) is 2. The van der Waals surface area contributed by atoms with Gasteiger partial charge < -0.3 is 0 Å². The molecular weight excluding hydrogens is 353 g/mol.